The summed E-state index contributed by atoms with van der Waals surface area (Å²) in [6.45, 7) is -0.0651. The van der Waals surface area contributed by atoms with E-state index < -0.39 is 17.9 Å². The molecule has 0 radical (unpaired) electrons. The second-order valence-corrected chi connectivity index (χ2v) is 7.17. The molecule has 0 saturated heterocycles. The molecule has 6 nitrogen and oxygen atoms in total. The highest BCUT2D eigenvalue weighted by Crippen LogP contribution is 2.19. The van der Waals surface area contributed by atoms with Crippen molar-refractivity contribution >= 4 is 45.4 Å². The number of carboxylic acid groups (broad SMARTS) is 1. The normalized spacial score (nSPS) is 12.2. The van der Waals surface area contributed by atoms with Crippen molar-refractivity contribution in [2.45, 2.75) is 19.0 Å². The lowest BCUT2D eigenvalue weighted by Gasteiger charge is -2.17. The molecule has 1 unspecified atom stereocenters. The average Bonchev–Trinajstić information content (AvgIpc) is 2.68. The zero-order chi connectivity index (χ0) is 19.4. The fraction of sp³-hybridized carbons (Fsp3) is 0.250. The number of carbonyl (C=O) groups is 2. The molecule has 3 aromatic rings. The van der Waals surface area contributed by atoms with E-state index in [1.54, 1.807) is 41.0 Å². The van der Waals surface area contributed by atoms with Gasteiger partial charge in [-0.3, -0.25) is 9.59 Å². The molecule has 0 aliphatic heterocycles. The van der Waals surface area contributed by atoms with Crippen LogP contribution in [0.25, 0.3) is 21.8 Å². The number of hydrogen-bond donors (Lipinski definition) is 2. The summed E-state index contributed by atoms with van der Waals surface area (Å²) in [5.74, 6) is -0.810. The number of carboxylic acids is 1. The van der Waals surface area contributed by atoms with Gasteiger partial charge in [0.05, 0.1) is 11.0 Å². The van der Waals surface area contributed by atoms with Crippen LogP contribution in [0, 0.1) is 0 Å². The predicted octanol–water partition coefficient (Wildman–Crippen LogP) is 2.48. The largest absolute Gasteiger partial charge is 0.480 e. The Morgan fingerprint density at radius 1 is 1.07 bits per heavy atom. The second kappa shape index (κ2) is 8.26. The van der Waals surface area contributed by atoms with E-state index in [1.807, 2.05) is 18.4 Å². The lowest BCUT2D eigenvalue weighted by molar-refractivity contribution is -0.141. The Hall–Kier alpha value is -2.80. The van der Waals surface area contributed by atoms with Gasteiger partial charge in [-0.25, -0.2) is 4.79 Å². The highest BCUT2D eigenvalue weighted by atomic mass is 32.2. The molecule has 27 heavy (non-hydrogen) atoms. The Labute approximate surface area is 160 Å². The van der Waals surface area contributed by atoms with E-state index in [2.05, 4.69) is 5.32 Å². The molecule has 0 saturated carbocycles. The van der Waals surface area contributed by atoms with E-state index in [1.165, 1.54) is 11.8 Å². The van der Waals surface area contributed by atoms with E-state index >= 15 is 0 Å². The third kappa shape index (κ3) is 3.98. The number of rotatable bonds is 7. The number of fused-ring (bicyclic) bond motifs is 2. The smallest absolute Gasteiger partial charge is 0.326 e. The molecule has 0 bridgehead atoms. The molecule has 2 aromatic carbocycles. The first-order valence-corrected chi connectivity index (χ1v) is 9.93. The van der Waals surface area contributed by atoms with Crippen LogP contribution in [0.5, 0.6) is 0 Å². The number of benzene rings is 2. The fourth-order valence-electron chi connectivity index (χ4n) is 3.12. The molecule has 0 spiro atoms. The van der Waals surface area contributed by atoms with Crippen LogP contribution >= 0.6 is 11.8 Å². The lowest BCUT2D eigenvalue weighted by Crippen LogP contribution is -2.42. The first kappa shape index (κ1) is 19.0. The number of thioether (sulfide) groups is 1. The number of pyridine rings is 1. The molecule has 1 atom stereocenters. The SMILES string of the molecule is CSCCC(NC(=O)Cn1c2ccccc2c(=O)c2ccccc21)C(=O)O. The summed E-state index contributed by atoms with van der Waals surface area (Å²) >= 11 is 1.53. The van der Waals surface area contributed by atoms with Gasteiger partial charge in [-0.1, -0.05) is 24.3 Å². The standard InChI is InChI=1S/C20H20N2O4S/c1-27-11-10-15(20(25)26)21-18(23)12-22-16-8-4-2-6-13(16)19(24)14-7-3-5-9-17(14)22/h2-9,15H,10-12H2,1H3,(H,21,23)(H,25,26). The maximum Gasteiger partial charge on any atom is 0.326 e. The van der Waals surface area contributed by atoms with Crippen LogP contribution in [0.15, 0.2) is 53.3 Å². The summed E-state index contributed by atoms with van der Waals surface area (Å²) < 4.78 is 1.76. The number of carbonyl (C=O) groups excluding carboxylic acids is 1. The summed E-state index contributed by atoms with van der Waals surface area (Å²) in [6.07, 6.45) is 2.24. The molecule has 2 N–H and O–H groups in total. The molecule has 7 heteroatoms. The van der Waals surface area contributed by atoms with Gasteiger partial charge < -0.3 is 15.0 Å². The Morgan fingerprint density at radius 2 is 1.63 bits per heavy atom. The number of hydrogen-bond acceptors (Lipinski definition) is 4. The number of nitrogens with one attached hydrogen (secondary N) is 1. The first-order valence-electron chi connectivity index (χ1n) is 8.54. The van der Waals surface area contributed by atoms with Crippen molar-refractivity contribution in [3.63, 3.8) is 0 Å². The van der Waals surface area contributed by atoms with Gasteiger partial charge >= 0.3 is 5.97 Å². The van der Waals surface area contributed by atoms with Gasteiger partial charge in [0.2, 0.25) is 5.91 Å². The lowest BCUT2D eigenvalue weighted by atomic mass is 10.1. The van der Waals surface area contributed by atoms with Crippen LogP contribution in [0.3, 0.4) is 0 Å². The van der Waals surface area contributed by atoms with Crippen molar-refractivity contribution in [2.24, 2.45) is 0 Å². The van der Waals surface area contributed by atoms with E-state index in [0.717, 1.165) is 0 Å². The van der Waals surface area contributed by atoms with Crippen LogP contribution in [0.2, 0.25) is 0 Å². The van der Waals surface area contributed by atoms with E-state index in [0.29, 0.717) is 34.0 Å². The van der Waals surface area contributed by atoms with Crippen molar-refractivity contribution in [1.29, 1.82) is 0 Å². The third-order valence-electron chi connectivity index (χ3n) is 4.42. The van der Waals surface area contributed by atoms with Gasteiger partial charge in [-0.2, -0.15) is 11.8 Å². The Kier molecular flexibility index (Phi) is 5.81. The van der Waals surface area contributed by atoms with Gasteiger partial charge in [0.25, 0.3) is 0 Å². The van der Waals surface area contributed by atoms with Gasteiger partial charge in [-0.05, 0) is 42.7 Å². The first-order chi connectivity index (χ1) is 13.0. The average molecular weight is 384 g/mol. The molecule has 1 aromatic heterocycles. The number of aromatic nitrogens is 1. The molecule has 1 heterocycles. The van der Waals surface area contributed by atoms with Crippen molar-refractivity contribution in [2.75, 3.05) is 12.0 Å². The summed E-state index contributed by atoms with van der Waals surface area (Å²) in [7, 11) is 0. The van der Waals surface area contributed by atoms with E-state index in [9.17, 15) is 19.5 Å². The minimum absolute atomic E-state index is 0.0651. The van der Waals surface area contributed by atoms with Gasteiger partial charge in [0.1, 0.15) is 12.6 Å². The molecule has 140 valence electrons. The maximum atomic E-state index is 12.7. The van der Waals surface area contributed by atoms with Gasteiger partial charge in [0, 0.05) is 10.8 Å². The van der Waals surface area contributed by atoms with Crippen molar-refractivity contribution in [1.82, 2.24) is 9.88 Å². The minimum atomic E-state index is -1.05. The van der Waals surface area contributed by atoms with Crippen molar-refractivity contribution in [3.8, 4) is 0 Å². The molecular weight excluding hydrogens is 364 g/mol. The fourth-order valence-corrected chi connectivity index (χ4v) is 3.60. The molecule has 0 fully saturated rings. The highest BCUT2D eigenvalue weighted by Gasteiger charge is 2.20. The number of amides is 1. The van der Waals surface area contributed by atoms with Gasteiger partial charge in [0.15, 0.2) is 5.43 Å². The van der Waals surface area contributed by atoms with Crippen molar-refractivity contribution in [3.05, 3.63) is 58.8 Å². The van der Waals surface area contributed by atoms with Crippen LogP contribution < -0.4 is 10.7 Å². The minimum Gasteiger partial charge on any atom is -0.480 e. The van der Waals surface area contributed by atoms with Gasteiger partial charge in [-0.15, -0.1) is 0 Å². The maximum absolute atomic E-state index is 12.7. The number of aliphatic carboxylic acids is 1. The summed E-state index contributed by atoms with van der Waals surface area (Å²) in [6, 6.07) is 13.3. The third-order valence-corrected chi connectivity index (χ3v) is 5.07. The molecule has 0 aliphatic rings. The molecule has 0 aliphatic carbocycles. The predicted molar refractivity (Wildman–Crippen MR) is 108 cm³/mol. The Balaban J connectivity index is 2.00. The zero-order valence-corrected chi connectivity index (χ0v) is 15.7. The highest BCUT2D eigenvalue weighted by molar-refractivity contribution is 7.98. The van der Waals surface area contributed by atoms with E-state index in [-0.39, 0.29) is 12.0 Å². The Bertz CT molecular complexity index is 1000. The van der Waals surface area contributed by atoms with Crippen molar-refractivity contribution < 1.29 is 14.7 Å². The van der Waals surface area contributed by atoms with E-state index in [4.69, 9.17) is 0 Å². The summed E-state index contributed by atoms with van der Waals surface area (Å²) in [4.78, 5) is 36.7. The Morgan fingerprint density at radius 3 is 2.15 bits per heavy atom. The van der Waals surface area contributed by atoms with Crippen LogP contribution in [-0.4, -0.2) is 39.6 Å². The second-order valence-electron chi connectivity index (χ2n) is 6.19. The molecular formula is C20H20N2O4S. The molecule has 1 amide bonds. The van der Waals surface area contributed by atoms with Crippen LogP contribution in [-0.2, 0) is 16.1 Å². The summed E-state index contributed by atoms with van der Waals surface area (Å²) in [5, 5.41) is 13.0. The number of nitrogens with zero attached hydrogens (tertiary/aromatic N) is 1. The van der Waals surface area contributed by atoms with Crippen LogP contribution in [0.1, 0.15) is 6.42 Å². The monoisotopic (exact) mass is 384 g/mol. The summed E-state index contributed by atoms with van der Waals surface area (Å²) in [5.41, 5.74) is 1.21. The topological polar surface area (TPSA) is 88.4 Å². The zero-order valence-electron chi connectivity index (χ0n) is 14.8. The van der Waals surface area contributed by atoms with Crippen LogP contribution in [0.4, 0.5) is 0 Å². The number of para-hydroxylation sites is 2. The quantitative estimate of drug-likeness (QED) is 0.611. The molecule has 3 rings (SSSR count).